The maximum absolute atomic E-state index is 5.64. The Bertz CT molecular complexity index is 565. The summed E-state index contributed by atoms with van der Waals surface area (Å²) in [6.45, 7) is 7.91. The number of aryl methyl sites for hydroxylation is 1. The molecule has 1 atom stereocenters. The molecule has 5 nitrogen and oxygen atoms in total. The van der Waals surface area contributed by atoms with E-state index < -0.39 is 0 Å². The van der Waals surface area contributed by atoms with Crippen molar-refractivity contribution in [3.8, 4) is 5.75 Å². The van der Waals surface area contributed by atoms with Crippen molar-refractivity contribution in [1.29, 1.82) is 0 Å². The van der Waals surface area contributed by atoms with Crippen LogP contribution in [0.5, 0.6) is 5.75 Å². The van der Waals surface area contributed by atoms with E-state index in [1.807, 2.05) is 12.1 Å². The number of hydrogen-bond donors (Lipinski definition) is 1. The first-order valence-electron chi connectivity index (χ1n) is 9.49. The predicted octanol–water partition coefficient (Wildman–Crippen LogP) is 2.71. The Morgan fingerprint density at radius 3 is 2.84 bits per heavy atom. The van der Waals surface area contributed by atoms with Gasteiger partial charge in [-0.1, -0.05) is 12.1 Å². The summed E-state index contributed by atoms with van der Waals surface area (Å²) in [5.41, 5.74) is 1.71. The lowest BCUT2D eigenvalue weighted by Crippen LogP contribution is -2.41. The Morgan fingerprint density at radius 1 is 1.32 bits per heavy atom. The number of benzene rings is 1. The quantitative estimate of drug-likeness (QED) is 0.489. The molecule has 2 heterocycles. The minimum atomic E-state index is 0.374. The fourth-order valence-corrected chi connectivity index (χ4v) is 3.77. The minimum absolute atomic E-state index is 0.374. The Hall–Kier alpha value is -1.75. The number of methoxy groups -OCH3 is 1. The Morgan fingerprint density at radius 2 is 2.16 bits per heavy atom. The minimum Gasteiger partial charge on any atom is -0.497 e. The van der Waals surface area contributed by atoms with Crippen molar-refractivity contribution in [3.63, 3.8) is 0 Å². The first kappa shape index (κ1) is 18.1. The van der Waals surface area contributed by atoms with E-state index in [0.717, 1.165) is 63.9 Å². The fraction of sp³-hybridized carbons (Fsp3) is 0.650. The normalized spacial score (nSPS) is 23.4. The maximum Gasteiger partial charge on any atom is 0.193 e. The maximum atomic E-state index is 5.64. The van der Waals surface area contributed by atoms with Crippen LogP contribution >= 0.6 is 0 Å². The second-order valence-corrected chi connectivity index (χ2v) is 7.16. The highest BCUT2D eigenvalue weighted by molar-refractivity contribution is 5.80. The van der Waals surface area contributed by atoms with Gasteiger partial charge in [0.1, 0.15) is 5.75 Å². The number of rotatable bonds is 6. The van der Waals surface area contributed by atoms with Gasteiger partial charge in [0.2, 0.25) is 0 Å². The van der Waals surface area contributed by atoms with Crippen molar-refractivity contribution in [2.45, 2.75) is 32.6 Å². The van der Waals surface area contributed by atoms with E-state index in [1.54, 1.807) is 7.11 Å². The van der Waals surface area contributed by atoms with Crippen LogP contribution in [0.2, 0.25) is 0 Å². The van der Waals surface area contributed by atoms with Crippen molar-refractivity contribution in [2.75, 3.05) is 46.5 Å². The second-order valence-electron chi connectivity index (χ2n) is 7.16. The number of aliphatic imine (C=N–C) groups is 1. The number of nitrogens with zero attached hydrogens (tertiary/aromatic N) is 2. The first-order chi connectivity index (χ1) is 12.2. The van der Waals surface area contributed by atoms with Gasteiger partial charge in [-0.25, -0.2) is 0 Å². The van der Waals surface area contributed by atoms with Crippen LogP contribution in [0.25, 0.3) is 0 Å². The fourth-order valence-electron chi connectivity index (χ4n) is 3.77. The molecule has 2 saturated heterocycles. The zero-order valence-corrected chi connectivity index (χ0v) is 15.6. The highest BCUT2D eigenvalue weighted by atomic mass is 16.5. The summed E-state index contributed by atoms with van der Waals surface area (Å²) >= 11 is 0. The van der Waals surface area contributed by atoms with Gasteiger partial charge in [-0.05, 0) is 50.3 Å². The summed E-state index contributed by atoms with van der Waals surface area (Å²) in [6, 6.07) is 8.32. The molecular weight excluding hydrogens is 314 g/mol. The molecule has 1 aromatic carbocycles. The topological polar surface area (TPSA) is 46.1 Å². The van der Waals surface area contributed by atoms with Gasteiger partial charge in [-0.15, -0.1) is 0 Å². The van der Waals surface area contributed by atoms with E-state index >= 15 is 0 Å². The molecule has 5 heteroatoms. The van der Waals surface area contributed by atoms with Gasteiger partial charge >= 0.3 is 0 Å². The van der Waals surface area contributed by atoms with E-state index in [-0.39, 0.29) is 0 Å². The highest BCUT2D eigenvalue weighted by Crippen LogP contribution is 2.38. The van der Waals surface area contributed by atoms with Gasteiger partial charge in [-0.3, -0.25) is 4.99 Å². The third kappa shape index (κ3) is 4.66. The van der Waals surface area contributed by atoms with Crippen LogP contribution in [-0.2, 0) is 11.2 Å². The lowest BCUT2D eigenvalue weighted by Gasteiger charge is -2.25. The standard InChI is InChI=1S/C20H31N3O2/c1-3-21-19(23-13-10-20(15-23)11-14-25-16-20)22-12-4-5-17-6-8-18(24-2)9-7-17/h6-9H,3-5,10-16H2,1-2H3,(H,21,22). The van der Waals surface area contributed by atoms with E-state index in [2.05, 4.69) is 29.3 Å². The van der Waals surface area contributed by atoms with Crippen molar-refractivity contribution in [3.05, 3.63) is 29.8 Å². The van der Waals surface area contributed by atoms with Gasteiger partial charge in [0.05, 0.1) is 13.7 Å². The van der Waals surface area contributed by atoms with Crippen LogP contribution in [0.4, 0.5) is 0 Å². The van der Waals surface area contributed by atoms with Gasteiger partial charge in [0.25, 0.3) is 0 Å². The average Bonchev–Trinajstić information content (AvgIpc) is 3.28. The Labute approximate surface area is 151 Å². The summed E-state index contributed by atoms with van der Waals surface area (Å²) in [7, 11) is 1.70. The van der Waals surface area contributed by atoms with Gasteiger partial charge in [0, 0.05) is 38.2 Å². The molecule has 1 aromatic rings. The second kappa shape index (κ2) is 8.56. The predicted molar refractivity (Wildman–Crippen MR) is 101 cm³/mol. The molecule has 0 aromatic heterocycles. The summed E-state index contributed by atoms with van der Waals surface area (Å²) in [6.07, 6.45) is 4.53. The summed E-state index contributed by atoms with van der Waals surface area (Å²) < 4.78 is 10.8. The van der Waals surface area contributed by atoms with Crippen molar-refractivity contribution < 1.29 is 9.47 Å². The number of guanidine groups is 1. The van der Waals surface area contributed by atoms with E-state index in [0.29, 0.717) is 5.41 Å². The van der Waals surface area contributed by atoms with Crippen LogP contribution in [0.15, 0.2) is 29.3 Å². The smallest absolute Gasteiger partial charge is 0.193 e. The van der Waals surface area contributed by atoms with E-state index in [9.17, 15) is 0 Å². The lowest BCUT2D eigenvalue weighted by atomic mass is 9.87. The highest BCUT2D eigenvalue weighted by Gasteiger charge is 2.42. The third-order valence-electron chi connectivity index (χ3n) is 5.30. The van der Waals surface area contributed by atoms with Gasteiger partial charge in [0.15, 0.2) is 5.96 Å². The average molecular weight is 345 g/mol. The number of hydrogen-bond acceptors (Lipinski definition) is 3. The van der Waals surface area contributed by atoms with Crippen LogP contribution in [0.3, 0.4) is 0 Å². The molecule has 2 fully saturated rings. The molecule has 3 rings (SSSR count). The molecular formula is C20H31N3O2. The molecule has 0 amide bonds. The molecule has 0 bridgehead atoms. The summed E-state index contributed by atoms with van der Waals surface area (Å²) in [4.78, 5) is 7.29. The third-order valence-corrected chi connectivity index (χ3v) is 5.30. The van der Waals surface area contributed by atoms with E-state index in [4.69, 9.17) is 14.5 Å². The number of ether oxygens (including phenoxy) is 2. The zero-order valence-electron chi connectivity index (χ0n) is 15.6. The lowest BCUT2D eigenvalue weighted by molar-refractivity contribution is 0.156. The molecule has 0 aliphatic carbocycles. The largest absolute Gasteiger partial charge is 0.497 e. The van der Waals surface area contributed by atoms with Crippen LogP contribution < -0.4 is 10.1 Å². The Balaban J connectivity index is 1.50. The SMILES string of the molecule is CCNC(=NCCCc1ccc(OC)cc1)N1CCC2(CCOC2)C1. The van der Waals surface area contributed by atoms with E-state index in [1.165, 1.54) is 18.4 Å². The molecule has 1 N–H and O–H groups in total. The van der Waals surface area contributed by atoms with Crippen LogP contribution in [0.1, 0.15) is 31.7 Å². The summed E-state index contributed by atoms with van der Waals surface area (Å²) in [5, 5.41) is 3.46. The Kier molecular flexibility index (Phi) is 6.19. The van der Waals surface area contributed by atoms with Gasteiger partial charge < -0.3 is 19.7 Å². The molecule has 1 spiro atoms. The molecule has 138 valence electrons. The molecule has 2 aliphatic heterocycles. The van der Waals surface area contributed by atoms with Crippen LogP contribution in [-0.4, -0.2) is 57.4 Å². The van der Waals surface area contributed by atoms with Gasteiger partial charge in [-0.2, -0.15) is 0 Å². The number of nitrogens with one attached hydrogen (secondary N) is 1. The first-order valence-corrected chi connectivity index (χ1v) is 9.49. The van der Waals surface area contributed by atoms with Crippen LogP contribution in [0, 0.1) is 5.41 Å². The molecule has 0 saturated carbocycles. The zero-order chi connectivity index (χ0) is 17.5. The monoisotopic (exact) mass is 345 g/mol. The van der Waals surface area contributed by atoms with Crippen molar-refractivity contribution in [1.82, 2.24) is 10.2 Å². The molecule has 1 unspecified atom stereocenters. The van der Waals surface area contributed by atoms with Crippen molar-refractivity contribution in [2.24, 2.45) is 10.4 Å². The molecule has 0 radical (unpaired) electrons. The number of likely N-dealkylation sites (tertiary alicyclic amines) is 1. The molecule has 2 aliphatic rings. The molecule has 25 heavy (non-hydrogen) atoms. The van der Waals surface area contributed by atoms with Crippen molar-refractivity contribution >= 4 is 5.96 Å². The summed E-state index contributed by atoms with van der Waals surface area (Å²) in [5.74, 6) is 1.98.